The van der Waals surface area contributed by atoms with Crippen LogP contribution in [0.4, 0.5) is 0 Å². The summed E-state index contributed by atoms with van der Waals surface area (Å²) in [7, 11) is 6.63. The fourth-order valence-corrected chi connectivity index (χ4v) is 5.16. The largest absolute Gasteiger partial charge is 0.493 e. The fraction of sp³-hybridized carbons (Fsp3) is 0.121. The van der Waals surface area contributed by atoms with Crippen LogP contribution in [0.1, 0.15) is 0 Å². The van der Waals surface area contributed by atoms with Gasteiger partial charge >= 0.3 is 0 Å². The predicted octanol–water partition coefficient (Wildman–Crippen LogP) is 7.91. The van der Waals surface area contributed by atoms with Gasteiger partial charge in [-0.2, -0.15) is 0 Å². The Bertz CT molecular complexity index is 1790. The summed E-state index contributed by atoms with van der Waals surface area (Å²) in [6.07, 6.45) is 0. The molecular formula is C33H27NO4. The molecule has 0 fully saturated rings. The normalized spacial score (nSPS) is 11.2. The second kappa shape index (κ2) is 9.60. The highest BCUT2D eigenvalue weighted by atomic mass is 16.5. The highest BCUT2D eigenvalue weighted by molar-refractivity contribution is 6.13. The van der Waals surface area contributed by atoms with Crippen molar-refractivity contribution >= 4 is 32.6 Å². The Kier molecular flexibility index (Phi) is 5.97. The van der Waals surface area contributed by atoms with E-state index in [0.29, 0.717) is 23.0 Å². The standard InChI is InChI=1S/C33H27NO4/c1-35-30-17-23-16-27-26-18-25(22-12-10-21(11-13-22)20-8-6-5-7-9-20)33(38-4)32(37-3)24(26)14-15-28(27)34-29(23)19-31(30)36-2/h5-19H,1-4H3. The van der Waals surface area contributed by atoms with E-state index in [0.717, 1.165) is 49.3 Å². The van der Waals surface area contributed by atoms with Gasteiger partial charge in [0.05, 0.1) is 39.5 Å². The van der Waals surface area contributed by atoms with Crippen molar-refractivity contribution in [3.05, 3.63) is 91.0 Å². The van der Waals surface area contributed by atoms with Gasteiger partial charge < -0.3 is 18.9 Å². The zero-order valence-corrected chi connectivity index (χ0v) is 21.7. The summed E-state index contributed by atoms with van der Waals surface area (Å²) in [4.78, 5) is 4.95. The van der Waals surface area contributed by atoms with Crippen LogP contribution in [-0.2, 0) is 0 Å². The summed E-state index contributed by atoms with van der Waals surface area (Å²) in [5.74, 6) is 2.72. The Morgan fingerprint density at radius 1 is 0.474 bits per heavy atom. The molecule has 38 heavy (non-hydrogen) atoms. The van der Waals surface area contributed by atoms with Gasteiger partial charge in [-0.3, -0.25) is 0 Å². The van der Waals surface area contributed by atoms with Crippen molar-refractivity contribution in [3.63, 3.8) is 0 Å². The van der Waals surface area contributed by atoms with Gasteiger partial charge in [0.1, 0.15) is 0 Å². The first-order chi connectivity index (χ1) is 18.6. The second-order valence-corrected chi connectivity index (χ2v) is 9.05. The molecule has 6 rings (SSSR count). The molecule has 0 aliphatic heterocycles. The SMILES string of the molecule is COc1cc2cc3c(ccc4c(OC)c(OC)c(-c5ccc(-c6ccccc6)cc5)cc43)nc2cc1OC. The smallest absolute Gasteiger partial charge is 0.169 e. The van der Waals surface area contributed by atoms with Crippen molar-refractivity contribution in [1.82, 2.24) is 4.98 Å². The van der Waals surface area contributed by atoms with E-state index in [4.69, 9.17) is 23.9 Å². The first kappa shape index (κ1) is 23.6. The van der Waals surface area contributed by atoms with Crippen molar-refractivity contribution in [3.8, 4) is 45.3 Å². The molecule has 0 saturated heterocycles. The molecule has 0 bridgehead atoms. The lowest BCUT2D eigenvalue weighted by Crippen LogP contribution is -1.96. The molecule has 0 spiro atoms. The van der Waals surface area contributed by atoms with Crippen LogP contribution >= 0.6 is 0 Å². The van der Waals surface area contributed by atoms with Gasteiger partial charge in [-0.1, -0.05) is 54.6 Å². The number of benzene rings is 5. The highest BCUT2D eigenvalue weighted by Crippen LogP contribution is 2.46. The van der Waals surface area contributed by atoms with E-state index in [9.17, 15) is 0 Å². The van der Waals surface area contributed by atoms with Gasteiger partial charge in [0.2, 0.25) is 0 Å². The fourth-order valence-electron chi connectivity index (χ4n) is 5.16. The van der Waals surface area contributed by atoms with Crippen LogP contribution in [0.2, 0.25) is 0 Å². The van der Waals surface area contributed by atoms with E-state index in [-0.39, 0.29) is 0 Å². The van der Waals surface area contributed by atoms with Crippen LogP contribution in [0.3, 0.4) is 0 Å². The Morgan fingerprint density at radius 3 is 1.82 bits per heavy atom. The molecule has 0 aliphatic carbocycles. The average molecular weight is 502 g/mol. The Balaban J connectivity index is 1.60. The third-order valence-corrected chi connectivity index (χ3v) is 7.03. The Labute approximate surface area is 221 Å². The lowest BCUT2D eigenvalue weighted by atomic mass is 9.94. The van der Waals surface area contributed by atoms with E-state index in [2.05, 4.69) is 60.7 Å². The number of rotatable bonds is 6. The lowest BCUT2D eigenvalue weighted by Gasteiger charge is -2.18. The molecule has 0 N–H and O–H groups in total. The number of pyridine rings is 1. The number of fused-ring (bicyclic) bond motifs is 4. The third kappa shape index (κ3) is 3.84. The summed E-state index contributed by atoms with van der Waals surface area (Å²) in [6, 6.07) is 31.1. The maximum Gasteiger partial charge on any atom is 0.169 e. The van der Waals surface area contributed by atoms with Gasteiger partial charge in [-0.05, 0) is 52.4 Å². The Morgan fingerprint density at radius 2 is 1.13 bits per heavy atom. The Hall–Kier alpha value is -4.77. The quantitative estimate of drug-likeness (QED) is 0.171. The van der Waals surface area contributed by atoms with Crippen LogP contribution in [0.25, 0.3) is 54.8 Å². The molecule has 188 valence electrons. The number of nitrogens with zero attached hydrogens (tertiary/aromatic N) is 1. The molecule has 1 heterocycles. The van der Waals surface area contributed by atoms with Crippen molar-refractivity contribution in [2.45, 2.75) is 0 Å². The van der Waals surface area contributed by atoms with Gasteiger partial charge in [0.15, 0.2) is 23.0 Å². The summed E-state index contributed by atoms with van der Waals surface area (Å²) >= 11 is 0. The lowest BCUT2D eigenvalue weighted by molar-refractivity contribution is 0.356. The van der Waals surface area contributed by atoms with Crippen LogP contribution in [0.5, 0.6) is 23.0 Å². The zero-order chi connectivity index (χ0) is 26.2. The first-order valence-corrected chi connectivity index (χ1v) is 12.3. The van der Waals surface area contributed by atoms with Gasteiger partial charge in [-0.15, -0.1) is 0 Å². The van der Waals surface area contributed by atoms with Crippen molar-refractivity contribution < 1.29 is 18.9 Å². The maximum atomic E-state index is 5.93. The minimum Gasteiger partial charge on any atom is -0.493 e. The molecule has 5 aromatic carbocycles. The number of methoxy groups -OCH3 is 4. The van der Waals surface area contributed by atoms with Gasteiger partial charge in [0, 0.05) is 27.8 Å². The molecule has 6 aromatic rings. The summed E-state index contributed by atoms with van der Waals surface area (Å²) in [5, 5.41) is 3.98. The van der Waals surface area contributed by atoms with Crippen molar-refractivity contribution in [2.24, 2.45) is 0 Å². The number of ether oxygens (including phenoxy) is 4. The van der Waals surface area contributed by atoms with Crippen molar-refractivity contribution in [2.75, 3.05) is 28.4 Å². The molecule has 0 radical (unpaired) electrons. The maximum absolute atomic E-state index is 5.93. The summed E-state index contributed by atoms with van der Waals surface area (Å²) < 4.78 is 22.9. The zero-order valence-electron chi connectivity index (χ0n) is 21.7. The van der Waals surface area contributed by atoms with Crippen molar-refractivity contribution in [1.29, 1.82) is 0 Å². The third-order valence-electron chi connectivity index (χ3n) is 7.03. The molecule has 5 heteroatoms. The highest BCUT2D eigenvalue weighted by Gasteiger charge is 2.19. The molecule has 0 saturated carbocycles. The van der Waals surface area contributed by atoms with Crippen LogP contribution in [0.15, 0.2) is 91.0 Å². The molecular weight excluding hydrogens is 474 g/mol. The number of hydrogen-bond donors (Lipinski definition) is 0. The monoisotopic (exact) mass is 501 g/mol. The topological polar surface area (TPSA) is 49.8 Å². The van der Waals surface area contributed by atoms with Gasteiger partial charge in [0.25, 0.3) is 0 Å². The summed E-state index contributed by atoms with van der Waals surface area (Å²) in [5.41, 5.74) is 6.06. The minimum atomic E-state index is 0.653. The van der Waals surface area contributed by atoms with E-state index in [1.165, 1.54) is 5.56 Å². The van der Waals surface area contributed by atoms with E-state index >= 15 is 0 Å². The summed E-state index contributed by atoms with van der Waals surface area (Å²) in [6.45, 7) is 0. The van der Waals surface area contributed by atoms with E-state index in [1.807, 2.05) is 30.3 Å². The number of hydrogen-bond acceptors (Lipinski definition) is 5. The van der Waals surface area contributed by atoms with Crippen LogP contribution in [-0.4, -0.2) is 33.4 Å². The molecule has 1 aromatic heterocycles. The van der Waals surface area contributed by atoms with Crippen LogP contribution < -0.4 is 18.9 Å². The number of aromatic nitrogens is 1. The molecule has 0 amide bonds. The first-order valence-electron chi connectivity index (χ1n) is 12.3. The van der Waals surface area contributed by atoms with E-state index in [1.54, 1.807) is 28.4 Å². The second-order valence-electron chi connectivity index (χ2n) is 9.05. The van der Waals surface area contributed by atoms with Crippen LogP contribution in [0, 0.1) is 0 Å². The molecule has 0 atom stereocenters. The molecule has 0 unspecified atom stereocenters. The minimum absolute atomic E-state index is 0.653. The van der Waals surface area contributed by atoms with E-state index < -0.39 is 0 Å². The van der Waals surface area contributed by atoms with Gasteiger partial charge in [-0.25, -0.2) is 4.98 Å². The molecule has 0 aliphatic rings. The predicted molar refractivity (Wildman–Crippen MR) is 154 cm³/mol. The molecule has 5 nitrogen and oxygen atoms in total. The average Bonchev–Trinajstić information content (AvgIpc) is 2.98.